The number of carboxylic acid groups (broad SMARTS) is 1. The fourth-order valence-electron chi connectivity index (χ4n) is 1.08. The van der Waals surface area contributed by atoms with Crippen LogP contribution in [0.3, 0.4) is 0 Å². The van der Waals surface area contributed by atoms with Crippen LogP contribution in [0.2, 0.25) is 5.02 Å². The number of hydrogen-bond acceptors (Lipinski definition) is 2. The topological polar surface area (TPSA) is 49.3 Å². The van der Waals surface area contributed by atoms with E-state index in [2.05, 4.69) is 27.8 Å². The van der Waals surface area contributed by atoms with Crippen molar-refractivity contribution < 1.29 is 9.90 Å². The Hall–Kier alpha value is -1.00. The third-order valence-corrected chi connectivity index (χ3v) is 2.29. The number of aromatic carboxylic acids is 1. The summed E-state index contributed by atoms with van der Waals surface area (Å²) in [5.74, 6) is -1.05. The van der Waals surface area contributed by atoms with Gasteiger partial charge in [0.2, 0.25) is 0 Å². The number of hydrogen-bond donors (Lipinski definition) is 2. The summed E-state index contributed by atoms with van der Waals surface area (Å²) in [5, 5.41) is 12.1. The molecule has 1 aromatic carbocycles. The molecule has 1 rings (SSSR count). The number of rotatable bonds is 4. The van der Waals surface area contributed by atoms with Crippen LogP contribution in [0.1, 0.15) is 10.4 Å². The van der Waals surface area contributed by atoms with E-state index in [9.17, 15) is 4.79 Å². The van der Waals surface area contributed by atoms with Gasteiger partial charge >= 0.3 is 5.97 Å². The molecule has 0 radical (unpaired) electrons. The van der Waals surface area contributed by atoms with E-state index in [4.69, 9.17) is 16.7 Å². The van der Waals surface area contributed by atoms with Gasteiger partial charge in [0.25, 0.3) is 0 Å². The normalized spacial score (nSPS) is 9.73. The van der Waals surface area contributed by atoms with Gasteiger partial charge in [0.1, 0.15) is 5.56 Å². The molecule has 0 unspecified atom stereocenters. The Labute approximate surface area is 101 Å². The fourth-order valence-corrected chi connectivity index (χ4v) is 1.48. The average Bonchev–Trinajstić information content (AvgIpc) is 2.13. The first-order valence-electron chi connectivity index (χ1n) is 4.11. The third kappa shape index (κ3) is 3.25. The van der Waals surface area contributed by atoms with Gasteiger partial charge in [-0.3, -0.25) is 0 Å². The smallest absolute Gasteiger partial charge is 0.339 e. The summed E-state index contributed by atoms with van der Waals surface area (Å²) in [4.78, 5) is 10.9. The van der Waals surface area contributed by atoms with Crippen molar-refractivity contribution >= 4 is 39.2 Å². The first-order chi connectivity index (χ1) is 7.02. The zero-order valence-corrected chi connectivity index (χ0v) is 10.1. The highest BCUT2D eigenvalue weighted by Gasteiger charge is 2.13. The average molecular weight is 291 g/mol. The van der Waals surface area contributed by atoms with Crippen LogP contribution in [0.25, 0.3) is 0 Å². The number of nitrogens with one attached hydrogen (secondary N) is 1. The maximum atomic E-state index is 10.9. The van der Waals surface area contributed by atoms with Crippen LogP contribution >= 0.6 is 27.5 Å². The summed E-state index contributed by atoms with van der Waals surface area (Å²) >= 11 is 8.96. The van der Waals surface area contributed by atoms with Gasteiger partial charge in [-0.2, -0.15) is 0 Å². The van der Waals surface area contributed by atoms with Gasteiger partial charge in [-0.25, -0.2) is 4.79 Å². The van der Waals surface area contributed by atoms with Crippen molar-refractivity contribution in [3.05, 3.63) is 39.8 Å². The number of anilines is 1. The second kappa shape index (κ2) is 5.19. The summed E-state index contributed by atoms with van der Waals surface area (Å²) < 4.78 is 0.735. The lowest BCUT2D eigenvalue weighted by molar-refractivity contribution is 0.0698. The van der Waals surface area contributed by atoms with Crippen LogP contribution in [0, 0.1) is 0 Å². The number of carbonyl (C=O) groups is 1. The van der Waals surface area contributed by atoms with Crippen molar-refractivity contribution in [2.24, 2.45) is 0 Å². The number of halogens is 2. The molecule has 3 nitrogen and oxygen atoms in total. The van der Waals surface area contributed by atoms with E-state index in [1.165, 1.54) is 0 Å². The second-order valence-corrected chi connectivity index (χ2v) is 4.37. The first kappa shape index (κ1) is 12.1. The maximum Gasteiger partial charge on any atom is 0.339 e. The first-order valence-corrected chi connectivity index (χ1v) is 5.28. The SMILES string of the molecule is C=C(Br)CNc1cccc(Cl)c1C(=O)O. The molecule has 0 amide bonds. The van der Waals surface area contributed by atoms with Crippen LogP contribution in [-0.4, -0.2) is 17.6 Å². The molecule has 0 saturated heterocycles. The Morgan fingerprint density at radius 3 is 2.80 bits per heavy atom. The molecule has 5 heteroatoms. The molecule has 0 aliphatic heterocycles. The van der Waals surface area contributed by atoms with E-state index in [0.717, 1.165) is 4.48 Å². The largest absolute Gasteiger partial charge is 0.478 e. The Morgan fingerprint density at radius 2 is 2.27 bits per heavy atom. The Morgan fingerprint density at radius 1 is 1.60 bits per heavy atom. The van der Waals surface area contributed by atoms with E-state index in [0.29, 0.717) is 12.2 Å². The molecule has 0 bridgehead atoms. The lowest BCUT2D eigenvalue weighted by Crippen LogP contribution is -2.07. The molecule has 0 fully saturated rings. The van der Waals surface area contributed by atoms with Gasteiger partial charge in [0.15, 0.2) is 0 Å². The molecule has 80 valence electrons. The highest BCUT2D eigenvalue weighted by molar-refractivity contribution is 9.11. The van der Waals surface area contributed by atoms with Crippen LogP contribution in [0.5, 0.6) is 0 Å². The van der Waals surface area contributed by atoms with Gasteiger partial charge in [-0.15, -0.1) is 0 Å². The Balaban J connectivity index is 3.01. The summed E-state index contributed by atoms with van der Waals surface area (Å²) in [5.41, 5.74) is 0.559. The standard InChI is InChI=1S/C10H9BrClNO2/c1-6(11)5-13-8-4-2-3-7(12)9(8)10(14)15/h2-4,13H,1,5H2,(H,14,15). The lowest BCUT2D eigenvalue weighted by Gasteiger charge is -2.09. The molecule has 0 saturated carbocycles. The second-order valence-electron chi connectivity index (χ2n) is 2.84. The van der Waals surface area contributed by atoms with Gasteiger partial charge < -0.3 is 10.4 Å². The molecule has 2 N–H and O–H groups in total. The summed E-state index contributed by atoms with van der Waals surface area (Å²) in [6.07, 6.45) is 0. The van der Waals surface area contributed by atoms with Gasteiger partial charge in [-0.05, 0) is 12.1 Å². The predicted molar refractivity (Wildman–Crippen MR) is 65.0 cm³/mol. The van der Waals surface area contributed by atoms with Crippen molar-refractivity contribution in [1.29, 1.82) is 0 Å². The van der Waals surface area contributed by atoms with Crippen molar-refractivity contribution in [2.45, 2.75) is 0 Å². The van der Waals surface area contributed by atoms with Crippen LogP contribution in [-0.2, 0) is 0 Å². The summed E-state index contributed by atoms with van der Waals surface area (Å²) in [7, 11) is 0. The van der Waals surface area contributed by atoms with Crippen LogP contribution in [0.4, 0.5) is 5.69 Å². The van der Waals surface area contributed by atoms with Gasteiger partial charge in [0.05, 0.1) is 10.7 Å². The van der Waals surface area contributed by atoms with Crippen LogP contribution in [0.15, 0.2) is 29.3 Å². The number of carboxylic acids is 1. The van der Waals surface area contributed by atoms with Crippen molar-refractivity contribution in [3.63, 3.8) is 0 Å². The van der Waals surface area contributed by atoms with E-state index < -0.39 is 5.97 Å². The van der Waals surface area contributed by atoms with Crippen molar-refractivity contribution in [3.8, 4) is 0 Å². The monoisotopic (exact) mass is 289 g/mol. The van der Waals surface area contributed by atoms with Crippen molar-refractivity contribution in [2.75, 3.05) is 11.9 Å². The highest BCUT2D eigenvalue weighted by Crippen LogP contribution is 2.24. The minimum absolute atomic E-state index is 0.0768. The molecule has 0 aliphatic carbocycles. The molecule has 0 spiro atoms. The molecule has 1 aromatic rings. The maximum absolute atomic E-state index is 10.9. The fraction of sp³-hybridized carbons (Fsp3) is 0.100. The van der Waals surface area contributed by atoms with E-state index in [1.54, 1.807) is 18.2 Å². The molecular weight excluding hydrogens is 281 g/mol. The molecular formula is C10H9BrClNO2. The van der Waals surface area contributed by atoms with Crippen LogP contribution < -0.4 is 5.32 Å². The molecule has 15 heavy (non-hydrogen) atoms. The summed E-state index contributed by atoms with van der Waals surface area (Å²) in [6, 6.07) is 4.89. The predicted octanol–water partition coefficient (Wildman–Crippen LogP) is 3.36. The lowest BCUT2D eigenvalue weighted by atomic mass is 10.2. The Kier molecular flexibility index (Phi) is 4.17. The van der Waals surface area contributed by atoms with Gasteiger partial charge in [0, 0.05) is 11.0 Å². The van der Waals surface area contributed by atoms with E-state index >= 15 is 0 Å². The third-order valence-electron chi connectivity index (χ3n) is 1.70. The minimum atomic E-state index is -1.05. The molecule has 0 heterocycles. The zero-order chi connectivity index (χ0) is 11.4. The molecule has 0 aromatic heterocycles. The quantitative estimate of drug-likeness (QED) is 0.894. The summed E-state index contributed by atoms with van der Waals surface area (Å²) in [6.45, 7) is 4.09. The minimum Gasteiger partial charge on any atom is -0.478 e. The van der Waals surface area contributed by atoms with Gasteiger partial charge in [-0.1, -0.05) is 40.2 Å². The van der Waals surface area contributed by atoms with E-state index in [-0.39, 0.29) is 10.6 Å². The number of benzene rings is 1. The Bertz CT molecular complexity index is 406. The van der Waals surface area contributed by atoms with E-state index in [1.807, 2.05) is 0 Å². The zero-order valence-electron chi connectivity index (χ0n) is 7.76. The molecule has 0 atom stereocenters. The highest BCUT2D eigenvalue weighted by atomic mass is 79.9. The van der Waals surface area contributed by atoms with Crippen molar-refractivity contribution in [1.82, 2.24) is 0 Å². The molecule has 0 aliphatic rings.